The third kappa shape index (κ3) is 4.04. The fourth-order valence-electron chi connectivity index (χ4n) is 4.11. The van der Waals surface area contributed by atoms with Crippen LogP contribution < -0.4 is 9.80 Å². The molecule has 1 saturated carbocycles. The molecule has 1 heterocycles. The van der Waals surface area contributed by atoms with Gasteiger partial charge >= 0.3 is 0 Å². The molecule has 3 heteroatoms. The molecule has 1 aliphatic heterocycles. The fraction of sp³-hybridized carbons (Fsp3) is 0.667. The molecule has 2 nitrogen and oxygen atoms in total. The summed E-state index contributed by atoms with van der Waals surface area (Å²) < 4.78 is 13.7. The molecule has 0 aromatic heterocycles. The van der Waals surface area contributed by atoms with Crippen molar-refractivity contribution in [3.63, 3.8) is 0 Å². The molecule has 2 N–H and O–H groups in total. The molecule has 2 aliphatic rings. The topological polar surface area (TPSA) is 8.88 Å². The molecular formula is C18H29FN2+2. The van der Waals surface area contributed by atoms with Gasteiger partial charge in [-0.05, 0) is 31.7 Å². The Morgan fingerprint density at radius 1 is 0.905 bits per heavy atom. The Morgan fingerprint density at radius 3 is 2.24 bits per heavy atom. The number of halogens is 1. The van der Waals surface area contributed by atoms with Crippen LogP contribution >= 0.6 is 0 Å². The van der Waals surface area contributed by atoms with Gasteiger partial charge in [0, 0.05) is 5.56 Å². The van der Waals surface area contributed by atoms with Crippen molar-refractivity contribution in [3.05, 3.63) is 35.6 Å². The van der Waals surface area contributed by atoms with Gasteiger partial charge in [-0.3, -0.25) is 0 Å². The Labute approximate surface area is 127 Å². The van der Waals surface area contributed by atoms with E-state index in [1.807, 2.05) is 17.0 Å². The summed E-state index contributed by atoms with van der Waals surface area (Å²) in [6.07, 6.45) is 8.60. The number of nitrogens with one attached hydrogen (secondary N) is 2. The Morgan fingerprint density at radius 2 is 1.57 bits per heavy atom. The van der Waals surface area contributed by atoms with E-state index < -0.39 is 0 Å². The standard InChI is InChI=1S/C18H27FN2/c19-18-10-6-5-7-16(18)15-20-11-13-21(14-12-20)17-8-3-1-2-4-9-17/h5-7,10,17H,1-4,8-9,11-15H2/p+2. The first-order chi connectivity index (χ1) is 10.3. The first kappa shape index (κ1) is 15.0. The van der Waals surface area contributed by atoms with Crippen LogP contribution in [-0.4, -0.2) is 32.2 Å². The molecule has 0 radical (unpaired) electrons. The summed E-state index contributed by atoms with van der Waals surface area (Å²) in [5.74, 6) is -0.0384. The zero-order chi connectivity index (χ0) is 14.5. The van der Waals surface area contributed by atoms with Crippen LogP contribution in [0.5, 0.6) is 0 Å². The van der Waals surface area contributed by atoms with Gasteiger partial charge in [-0.15, -0.1) is 0 Å². The van der Waals surface area contributed by atoms with Crippen LogP contribution in [0.2, 0.25) is 0 Å². The molecule has 1 saturated heterocycles. The number of quaternary nitrogens is 2. The first-order valence-corrected chi connectivity index (χ1v) is 8.74. The molecular weight excluding hydrogens is 263 g/mol. The lowest BCUT2D eigenvalue weighted by atomic mass is 10.1. The average Bonchev–Trinajstić information content (AvgIpc) is 2.80. The molecule has 2 fully saturated rings. The summed E-state index contributed by atoms with van der Waals surface area (Å²) in [4.78, 5) is 3.38. The van der Waals surface area contributed by atoms with Gasteiger partial charge in [0.05, 0.1) is 6.04 Å². The van der Waals surface area contributed by atoms with E-state index in [1.54, 1.807) is 17.0 Å². The van der Waals surface area contributed by atoms with Gasteiger partial charge < -0.3 is 9.80 Å². The van der Waals surface area contributed by atoms with Crippen molar-refractivity contribution >= 4 is 0 Å². The van der Waals surface area contributed by atoms with Crippen LogP contribution in [0.15, 0.2) is 24.3 Å². The number of hydrogen-bond acceptors (Lipinski definition) is 0. The Bertz CT molecular complexity index is 433. The predicted molar refractivity (Wildman–Crippen MR) is 83.0 cm³/mol. The first-order valence-electron chi connectivity index (χ1n) is 8.74. The highest BCUT2D eigenvalue weighted by Crippen LogP contribution is 2.15. The molecule has 0 unspecified atom stereocenters. The van der Waals surface area contributed by atoms with Gasteiger partial charge in [0.1, 0.15) is 38.5 Å². The normalized spacial score (nSPS) is 28.2. The second kappa shape index (κ2) is 7.37. The van der Waals surface area contributed by atoms with E-state index >= 15 is 0 Å². The van der Waals surface area contributed by atoms with Crippen LogP contribution in [0.1, 0.15) is 44.1 Å². The summed E-state index contributed by atoms with van der Waals surface area (Å²) in [6, 6.07) is 8.16. The Kier molecular flexibility index (Phi) is 5.26. The minimum absolute atomic E-state index is 0.0384. The zero-order valence-electron chi connectivity index (χ0n) is 13.0. The average molecular weight is 292 g/mol. The second-order valence-electron chi connectivity index (χ2n) is 6.86. The predicted octanol–water partition coefficient (Wildman–Crippen LogP) is 0.832. The Balaban J connectivity index is 1.49. The molecule has 1 aromatic carbocycles. The van der Waals surface area contributed by atoms with Crippen LogP contribution in [0, 0.1) is 5.82 Å². The highest BCUT2D eigenvalue weighted by Gasteiger charge is 2.29. The number of piperazine rings is 1. The van der Waals surface area contributed by atoms with E-state index in [9.17, 15) is 4.39 Å². The van der Waals surface area contributed by atoms with Crippen molar-refractivity contribution in [2.45, 2.75) is 51.1 Å². The van der Waals surface area contributed by atoms with Crippen molar-refractivity contribution in [3.8, 4) is 0 Å². The molecule has 116 valence electrons. The van der Waals surface area contributed by atoms with Crippen LogP contribution in [-0.2, 0) is 6.54 Å². The zero-order valence-corrected chi connectivity index (χ0v) is 13.0. The lowest BCUT2D eigenvalue weighted by Gasteiger charge is -2.34. The molecule has 0 bridgehead atoms. The van der Waals surface area contributed by atoms with E-state index in [2.05, 4.69) is 0 Å². The maximum absolute atomic E-state index is 13.7. The number of hydrogen-bond donors (Lipinski definition) is 2. The summed E-state index contributed by atoms with van der Waals surface area (Å²) in [7, 11) is 0. The third-order valence-electron chi connectivity index (χ3n) is 5.43. The van der Waals surface area contributed by atoms with Crippen molar-refractivity contribution in [2.24, 2.45) is 0 Å². The highest BCUT2D eigenvalue weighted by atomic mass is 19.1. The van der Waals surface area contributed by atoms with Crippen molar-refractivity contribution in [1.82, 2.24) is 0 Å². The molecule has 1 aliphatic carbocycles. The molecule has 0 atom stereocenters. The van der Waals surface area contributed by atoms with Gasteiger partial charge in [-0.1, -0.05) is 31.0 Å². The smallest absolute Gasteiger partial charge is 0.132 e. The fourth-order valence-corrected chi connectivity index (χ4v) is 4.11. The lowest BCUT2D eigenvalue weighted by Crippen LogP contribution is -3.29. The van der Waals surface area contributed by atoms with Gasteiger partial charge in [-0.25, -0.2) is 4.39 Å². The van der Waals surface area contributed by atoms with Crippen molar-refractivity contribution in [2.75, 3.05) is 26.2 Å². The summed E-state index contributed by atoms with van der Waals surface area (Å²) in [6.45, 7) is 5.79. The molecule has 1 aromatic rings. The summed E-state index contributed by atoms with van der Waals surface area (Å²) >= 11 is 0. The van der Waals surface area contributed by atoms with Crippen LogP contribution in [0.4, 0.5) is 4.39 Å². The quantitative estimate of drug-likeness (QED) is 0.764. The van der Waals surface area contributed by atoms with E-state index in [0.29, 0.717) is 0 Å². The van der Waals surface area contributed by atoms with Gasteiger partial charge in [0.25, 0.3) is 0 Å². The van der Waals surface area contributed by atoms with Gasteiger partial charge in [-0.2, -0.15) is 0 Å². The summed E-state index contributed by atoms with van der Waals surface area (Å²) in [5, 5.41) is 0. The van der Waals surface area contributed by atoms with Crippen molar-refractivity contribution < 1.29 is 14.2 Å². The second-order valence-corrected chi connectivity index (χ2v) is 6.86. The molecule has 0 amide bonds. The van der Waals surface area contributed by atoms with Gasteiger partial charge in [0.15, 0.2) is 0 Å². The van der Waals surface area contributed by atoms with Crippen molar-refractivity contribution in [1.29, 1.82) is 0 Å². The van der Waals surface area contributed by atoms with Crippen LogP contribution in [0.3, 0.4) is 0 Å². The third-order valence-corrected chi connectivity index (χ3v) is 5.43. The lowest BCUT2D eigenvalue weighted by molar-refractivity contribution is -1.03. The maximum Gasteiger partial charge on any atom is 0.132 e. The van der Waals surface area contributed by atoms with E-state index in [-0.39, 0.29) is 5.82 Å². The monoisotopic (exact) mass is 292 g/mol. The molecule has 3 rings (SSSR count). The van der Waals surface area contributed by atoms with Gasteiger partial charge in [0.2, 0.25) is 0 Å². The Hall–Kier alpha value is -0.930. The minimum Gasteiger partial charge on any atom is -0.323 e. The SMILES string of the molecule is Fc1ccccc1C[NH+]1CC[NH+](C2CCCCCC2)CC1. The molecule has 21 heavy (non-hydrogen) atoms. The largest absolute Gasteiger partial charge is 0.323 e. The number of benzene rings is 1. The van der Waals surface area contributed by atoms with E-state index in [0.717, 1.165) is 18.2 Å². The number of rotatable bonds is 3. The minimum atomic E-state index is -0.0384. The van der Waals surface area contributed by atoms with Crippen LogP contribution in [0.25, 0.3) is 0 Å². The van der Waals surface area contributed by atoms with E-state index in [4.69, 9.17) is 0 Å². The van der Waals surface area contributed by atoms with E-state index in [1.165, 1.54) is 64.7 Å². The molecule has 0 spiro atoms. The maximum atomic E-state index is 13.7. The highest BCUT2D eigenvalue weighted by molar-refractivity contribution is 5.15. The summed E-state index contributed by atoms with van der Waals surface area (Å²) in [5.41, 5.74) is 0.880.